The molecule has 3 amide bonds. The second-order valence-electron chi connectivity index (χ2n) is 10.5. The Morgan fingerprint density at radius 3 is 2.22 bits per heavy atom. The Hall–Kier alpha value is -3.30. The van der Waals surface area contributed by atoms with Gasteiger partial charge in [0.2, 0.25) is 11.8 Å². The SMILES string of the molecule is CCOC(=O)CCNC(=O)C(c1ccc(O)c(C)c1)N(C(=O)C(C)NC(=O)OC(C)(C)C)C(C)(C)CC. The van der Waals surface area contributed by atoms with Crippen LogP contribution < -0.4 is 10.6 Å². The van der Waals surface area contributed by atoms with Crippen LogP contribution in [0.5, 0.6) is 5.75 Å². The molecule has 1 aromatic rings. The summed E-state index contributed by atoms with van der Waals surface area (Å²) in [6.07, 6.45) is -0.275. The van der Waals surface area contributed by atoms with Crippen molar-refractivity contribution >= 4 is 23.9 Å². The number of hydrogen-bond donors (Lipinski definition) is 3. The zero-order valence-electron chi connectivity index (χ0n) is 23.6. The maximum absolute atomic E-state index is 13.8. The Kier molecular flexibility index (Phi) is 11.4. The number of aryl methyl sites for hydroxylation is 1. The lowest BCUT2D eigenvalue weighted by Crippen LogP contribution is -2.58. The topological polar surface area (TPSA) is 134 Å². The highest BCUT2D eigenvalue weighted by molar-refractivity contribution is 5.92. The van der Waals surface area contributed by atoms with Crippen molar-refractivity contribution in [3.8, 4) is 5.75 Å². The van der Waals surface area contributed by atoms with E-state index in [4.69, 9.17) is 9.47 Å². The predicted molar refractivity (Wildman–Crippen MR) is 140 cm³/mol. The van der Waals surface area contributed by atoms with Gasteiger partial charge in [0.25, 0.3) is 0 Å². The first kappa shape index (κ1) is 31.7. The number of hydrogen-bond acceptors (Lipinski definition) is 7. The first-order valence-electron chi connectivity index (χ1n) is 12.6. The van der Waals surface area contributed by atoms with Crippen LogP contribution in [0.4, 0.5) is 4.79 Å². The van der Waals surface area contributed by atoms with Gasteiger partial charge in [-0.1, -0.05) is 13.0 Å². The molecule has 1 rings (SSSR count). The Morgan fingerprint density at radius 1 is 1.08 bits per heavy atom. The normalized spacial score (nSPS) is 13.2. The smallest absolute Gasteiger partial charge is 0.408 e. The van der Waals surface area contributed by atoms with Crippen molar-refractivity contribution in [2.45, 2.75) is 98.4 Å². The summed E-state index contributed by atoms with van der Waals surface area (Å²) in [4.78, 5) is 53.0. The molecular weight excluding hydrogens is 478 g/mol. The predicted octanol–water partition coefficient (Wildman–Crippen LogP) is 3.74. The van der Waals surface area contributed by atoms with E-state index in [1.807, 2.05) is 20.8 Å². The van der Waals surface area contributed by atoms with Crippen molar-refractivity contribution < 1.29 is 33.8 Å². The molecule has 10 heteroatoms. The number of carbonyl (C=O) groups is 4. The second kappa shape index (κ2) is 13.3. The number of alkyl carbamates (subject to hydrolysis) is 1. The van der Waals surface area contributed by atoms with E-state index in [0.29, 0.717) is 17.5 Å². The van der Waals surface area contributed by atoms with E-state index < -0.39 is 47.1 Å². The number of phenols is 1. The van der Waals surface area contributed by atoms with E-state index >= 15 is 0 Å². The van der Waals surface area contributed by atoms with E-state index in [1.165, 1.54) is 17.9 Å². The fourth-order valence-corrected chi connectivity index (χ4v) is 3.58. The molecule has 2 atom stereocenters. The Labute approximate surface area is 220 Å². The largest absolute Gasteiger partial charge is 0.508 e. The summed E-state index contributed by atoms with van der Waals surface area (Å²) in [5, 5.41) is 15.4. The molecule has 1 aromatic carbocycles. The van der Waals surface area contributed by atoms with Crippen LogP contribution in [0.2, 0.25) is 0 Å². The molecule has 208 valence electrons. The van der Waals surface area contributed by atoms with Crippen LogP contribution in [0.25, 0.3) is 0 Å². The minimum Gasteiger partial charge on any atom is -0.508 e. The molecule has 0 bridgehead atoms. The van der Waals surface area contributed by atoms with Crippen molar-refractivity contribution in [3.63, 3.8) is 0 Å². The van der Waals surface area contributed by atoms with E-state index in [-0.39, 0.29) is 25.3 Å². The first-order valence-corrected chi connectivity index (χ1v) is 12.6. The van der Waals surface area contributed by atoms with E-state index in [2.05, 4.69) is 10.6 Å². The molecule has 37 heavy (non-hydrogen) atoms. The van der Waals surface area contributed by atoms with Gasteiger partial charge in [-0.15, -0.1) is 0 Å². The highest BCUT2D eigenvalue weighted by Gasteiger charge is 2.42. The summed E-state index contributed by atoms with van der Waals surface area (Å²) in [6, 6.07) is 2.58. The van der Waals surface area contributed by atoms with Crippen LogP contribution >= 0.6 is 0 Å². The van der Waals surface area contributed by atoms with E-state index in [0.717, 1.165) is 0 Å². The molecular formula is C27H43N3O7. The summed E-state index contributed by atoms with van der Waals surface area (Å²) in [7, 11) is 0. The molecule has 0 aromatic heterocycles. The van der Waals surface area contributed by atoms with Gasteiger partial charge >= 0.3 is 12.1 Å². The average molecular weight is 522 g/mol. The summed E-state index contributed by atoms with van der Waals surface area (Å²) in [5.74, 6) is -1.39. The third kappa shape index (κ3) is 9.59. The Bertz CT molecular complexity index is 969. The van der Waals surface area contributed by atoms with Crippen molar-refractivity contribution in [1.29, 1.82) is 0 Å². The van der Waals surface area contributed by atoms with Gasteiger partial charge in [0.05, 0.1) is 13.0 Å². The Balaban J connectivity index is 3.44. The fraction of sp³-hybridized carbons (Fsp3) is 0.630. The lowest BCUT2D eigenvalue weighted by Gasteiger charge is -2.44. The second-order valence-corrected chi connectivity index (χ2v) is 10.5. The molecule has 0 saturated heterocycles. The number of aromatic hydroxyl groups is 1. The molecule has 0 aliphatic rings. The van der Waals surface area contributed by atoms with Gasteiger partial charge < -0.3 is 30.1 Å². The fourth-order valence-electron chi connectivity index (χ4n) is 3.58. The third-order valence-electron chi connectivity index (χ3n) is 5.84. The first-order chi connectivity index (χ1) is 17.0. The van der Waals surface area contributed by atoms with Gasteiger partial charge in [0.1, 0.15) is 23.4 Å². The van der Waals surface area contributed by atoms with Crippen LogP contribution in [-0.4, -0.2) is 64.2 Å². The van der Waals surface area contributed by atoms with Crippen molar-refractivity contribution in [1.82, 2.24) is 15.5 Å². The molecule has 0 aliphatic heterocycles. The molecule has 3 N–H and O–H groups in total. The minimum atomic E-state index is -1.10. The molecule has 0 spiro atoms. The number of ether oxygens (including phenoxy) is 2. The van der Waals surface area contributed by atoms with Crippen molar-refractivity contribution in [2.24, 2.45) is 0 Å². The number of nitrogens with zero attached hydrogens (tertiary/aromatic N) is 1. The molecule has 0 aliphatic carbocycles. The van der Waals surface area contributed by atoms with Gasteiger partial charge in [-0.2, -0.15) is 0 Å². The number of phenolic OH excluding ortho intramolecular Hbond substituents is 1. The van der Waals surface area contributed by atoms with Gasteiger partial charge in [-0.25, -0.2) is 4.79 Å². The number of nitrogens with one attached hydrogen (secondary N) is 2. The maximum atomic E-state index is 13.8. The monoisotopic (exact) mass is 521 g/mol. The molecule has 0 heterocycles. The number of benzene rings is 1. The number of amides is 3. The highest BCUT2D eigenvalue weighted by atomic mass is 16.6. The van der Waals surface area contributed by atoms with Crippen LogP contribution in [0.1, 0.15) is 85.4 Å². The summed E-state index contributed by atoms with van der Waals surface area (Å²) in [5.41, 5.74) is -0.553. The number of rotatable bonds is 11. The lowest BCUT2D eigenvalue weighted by molar-refractivity contribution is -0.149. The zero-order chi connectivity index (χ0) is 28.6. The molecule has 0 fully saturated rings. The summed E-state index contributed by atoms with van der Waals surface area (Å²) < 4.78 is 10.2. The molecule has 0 radical (unpaired) electrons. The van der Waals surface area contributed by atoms with Crippen LogP contribution in [0.15, 0.2) is 18.2 Å². The molecule has 0 saturated carbocycles. The van der Waals surface area contributed by atoms with Crippen LogP contribution in [0, 0.1) is 6.92 Å². The van der Waals surface area contributed by atoms with Crippen LogP contribution in [0.3, 0.4) is 0 Å². The maximum Gasteiger partial charge on any atom is 0.408 e. The highest BCUT2D eigenvalue weighted by Crippen LogP contribution is 2.33. The average Bonchev–Trinajstić information content (AvgIpc) is 2.77. The third-order valence-corrected chi connectivity index (χ3v) is 5.84. The van der Waals surface area contributed by atoms with E-state index in [9.17, 15) is 24.3 Å². The Morgan fingerprint density at radius 2 is 1.70 bits per heavy atom. The molecule has 2 unspecified atom stereocenters. The number of esters is 1. The summed E-state index contributed by atoms with van der Waals surface area (Å²) in [6.45, 7) is 15.9. The van der Waals surface area contributed by atoms with E-state index in [1.54, 1.807) is 46.8 Å². The van der Waals surface area contributed by atoms with Crippen molar-refractivity contribution in [2.75, 3.05) is 13.2 Å². The lowest BCUT2D eigenvalue weighted by atomic mass is 9.91. The minimum absolute atomic E-state index is 0.0194. The standard InChI is InChI=1S/C27H43N3O7/c1-10-27(8,9)30(24(34)18(4)29-25(35)37-26(5,6)7)22(19-12-13-20(31)17(3)16-19)23(33)28-15-14-21(32)36-11-2/h12-13,16,18,22,31H,10-11,14-15H2,1-9H3,(H,28,33)(H,29,35). The van der Waals surface area contributed by atoms with Crippen LogP contribution in [-0.2, 0) is 23.9 Å². The quantitative estimate of drug-likeness (QED) is 0.378. The number of carbonyl (C=O) groups excluding carboxylic acids is 4. The molecule has 10 nitrogen and oxygen atoms in total. The van der Waals surface area contributed by atoms with Gasteiger partial charge in [-0.3, -0.25) is 14.4 Å². The van der Waals surface area contributed by atoms with Gasteiger partial charge in [-0.05, 0) is 85.1 Å². The van der Waals surface area contributed by atoms with Gasteiger partial charge in [0, 0.05) is 12.1 Å². The zero-order valence-corrected chi connectivity index (χ0v) is 23.6. The summed E-state index contributed by atoms with van der Waals surface area (Å²) >= 11 is 0. The van der Waals surface area contributed by atoms with Gasteiger partial charge in [0.15, 0.2) is 0 Å². The van der Waals surface area contributed by atoms with Crippen molar-refractivity contribution in [3.05, 3.63) is 29.3 Å².